The molecule has 14 nitrogen and oxygen atoms in total. The minimum Gasteiger partial charge on any atom is -0.475 e. The molecule has 0 saturated heterocycles. The molecule has 17 heteroatoms. The molecule has 1 saturated carbocycles. The van der Waals surface area contributed by atoms with Gasteiger partial charge in [0.05, 0.1) is 0 Å². The summed E-state index contributed by atoms with van der Waals surface area (Å²) in [6, 6.07) is 21.4. The van der Waals surface area contributed by atoms with Crippen molar-refractivity contribution < 1.29 is 47.0 Å². The number of alkyl halides is 3. The Morgan fingerprint density at radius 3 is 1.94 bits per heavy atom. The van der Waals surface area contributed by atoms with Crippen LogP contribution in [0.5, 0.6) is 0 Å². The molecule has 1 atom stereocenters. The van der Waals surface area contributed by atoms with E-state index in [9.17, 15) is 32.3 Å². The Morgan fingerprint density at radius 2 is 1.42 bits per heavy atom. The van der Waals surface area contributed by atoms with Crippen molar-refractivity contribution in [2.75, 3.05) is 59.8 Å². The SMILES string of the molecule is Cc1cc(C(=O)CC(CN(C)C)CN(C)C)ccc1-c1ccc(C[C@H](CC(=O)C2CCC(CNC(=O)OC(C)(C)C)CC2)C(=O)Nc2ccc(C3=NCN=N3)cc2)cc1.O=C(O)C(F)(F)F. The van der Waals surface area contributed by atoms with Gasteiger partial charge in [0.2, 0.25) is 5.91 Å². The molecule has 3 aromatic carbocycles. The first-order valence-electron chi connectivity index (χ1n) is 22.1. The van der Waals surface area contributed by atoms with Crippen LogP contribution in [0, 0.1) is 30.6 Å². The number of benzene rings is 3. The monoisotopic (exact) mass is 919 g/mol. The molecule has 66 heavy (non-hydrogen) atoms. The molecule has 1 heterocycles. The molecule has 0 spiro atoms. The quantitative estimate of drug-likeness (QED) is 0.105. The normalized spacial score (nSPS) is 16.6. The van der Waals surface area contributed by atoms with E-state index in [1.807, 2.05) is 110 Å². The summed E-state index contributed by atoms with van der Waals surface area (Å²) in [5.41, 5.74) is 5.65. The van der Waals surface area contributed by atoms with Crippen molar-refractivity contribution in [3.63, 3.8) is 0 Å². The first-order valence-corrected chi connectivity index (χ1v) is 22.1. The lowest BCUT2D eigenvalue weighted by molar-refractivity contribution is -0.192. The summed E-state index contributed by atoms with van der Waals surface area (Å²) in [6.45, 7) is 10.1. The minimum atomic E-state index is -5.08. The minimum absolute atomic E-state index is 0.0975. The number of hydrogen-bond donors (Lipinski definition) is 3. The number of ketones is 2. The summed E-state index contributed by atoms with van der Waals surface area (Å²) in [5, 5.41) is 21.0. The van der Waals surface area contributed by atoms with Crippen molar-refractivity contribution in [3.8, 4) is 11.1 Å². The van der Waals surface area contributed by atoms with Gasteiger partial charge < -0.3 is 30.3 Å². The molecular weight excluding hydrogens is 856 g/mol. The van der Waals surface area contributed by atoms with Crippen LogP contribution in [-0.4, -0.2) is 117 Å². The Bertz CT molecular complexity index is 2180. The average Bonchev–Trinajstić information content (AvgIpc) is 3.78. The Hall–Kier alpha value is -5.81. The van der Waals surface area contributed by atoms with Gasteiger partial charge in [-0.2, -0.15) is 18.3 Å². The largest absolute Gasteiger partial charge is 0.490 e. The summed E-state index contributed by atoms with van der Waals surface area (Å²) in [6.07, 6.45) is -1.39. The van der Waals surface area contributed by atoms with Crippen LogP contribution in [0.15, 0.2) is 82.0 Å². The Labute approximate surface area is 385 Å². The summed E-state index contributed by atoms with van der Waals surface area (Å²) >= 11 is 0. The number of hydrogen-bond acceptors (Lipinski definition) is 11. The number of Topliss-reactive ketones (excluding diaryl/α,β-unsaturated/α-hetero) is 2. The Morgan fingerprint density at radius 1 is 0.833 bits per heavy atom. The maximum absolute atomic E-state index is 14.0. The van der Waals surface area contributed by atoms with Gasteiger partial charge in [0.25, 0.3) is 0 Å². The van der Waals surface area contributed by atoms with Crippen LogP contribution in [-0.2, 0) is 25.5 Å². The third-order valence-electron chi connectivity index (χ3n) is 11.2. The lowest BCUT2D eigenvalue weighted by Crippen LogP contribution is -2.37. The third-order valence-corrected chi connectivity index (χ3v) is 11.2. The number of aliphatic imine (C=N–C) groups is 1. The zero-order valence-electron chi connectivity index (χ0n) is 39.2. The highest BCUT2D eigenvalue weighted by Crippen LogP contribution is 2.32. The number of carboxylic acids is 1. The van der Waals surface area contributed by atoms with Gasteiger partial charge in [-0.25, -0.2) is 14.6 Å². The van der Waals surface area contributed by atoms with Crippen molar-refractivity contribution in [2.24, 2.45) is 38.9 Å². The first-order chi connectivity index (χ1) is 31.0. The molecule has 3 N–H and O–H groups in total. The second-order valence-electron chi connectivity index (χ2n) is 18.7. The van der Waals surface area contributed by atoms with Crippen LogP contribution in [0.3, 0.4) is 0 Å². The number of halogens is 3. The molecule has 2 aliphatic rings. The topological polar surface area (TPSA) is 182 Å². The van der Waals surface area contributed by atoms with E-state index >= 15 is 0 Å². The molecule has 1 aliphatic heterocycles. The molecule has 3 aromatic rings. The molecule has 0 aromatic heterocycles. The molecule has 2 amide bonds. The van der Waals surface area contributed by atoms with E-state index in [1.165, 1.54) is 0 Å². The number of amidine groups is 1. The van der Waals surface area contributed by atoms with Crippen LogP contribution in [0.1, 0.15) is 86.3 Å². The molecular formula is C49H64F3N7O7. The van der Waals surface area contributed by atoms with Gasteiger partial charge in [-0.15, -0.1) is 5.11 Å². The van der Waals surface area contributed by atoms with Crippen molar-refractivity contribution >= 4 is 41.1 Å². The van der Waals surface area contributed by atoms with Crippen LogP contribution >= 0.6 is 0 Å². The smallest absolute Gasteiger partial charge is 0.475 e. The maximum Gasteiger partial charge on any atom is 0.490 e. The summed E-state index contributed by atoms with van der Waals surface area (Å²) in [5.74, 6) is -2.35. The first kappa shape index (κ1) is 52.8. The molecule has 5 rings (SSSR count). The van der Waals surface area contributed by atoms with Gasteiger partial charge in [-0.3, -0.25) is 14.4 Å². The number of azo groups is 1. The predicted molar refractivity (Wildman–Crippen MR) is 248 cm³/mol. The van der Waals surface area contributed by atoms with E-state index in [0.717, 1.165) is 72.2 Å². The highest BCUT2D eigenvalue weighted by molar-refractivity contribution is 6.01. The van der Waals surface area contributed by atoms with Crippen molar-refractivity contribution in [1.82, 2.24) is 15.1 Å². The van der Waals surface area contributed by atoms with Gasteiger partial charge in [-0.05, 0) is 152 Å². The number of ether oxygens (including phenoxy) is 1. The van der Waals surface area contributed by atoms with Crippen LogP contribution < -0.4 is 10.6 Å². The Balaban J connectivity index is 0.00000126. The van der Waals surface area contributed by atoms with Gasteiger partial charge in [0, 0.05) is 61.1 Å². The van der Waals surface area contributed by atoms with E-state index < -0.39 is 29.8 Å². The van der Waals surface area contributed by atoms with Gasteiger partial charge in [0.1, 0.15) is 11.4 Å². The molecule has 1 aliphatic carbocycles. The fourth-order valence-electron chi connectivity index (χ4n) is 8.09. The predicted octanol–water partition coefficient (Wildman–Crippen LogP) is 8.87. The van der Waals surface area contributed by atoms with E-state index in [-0.39, 0.29) is 41.6 Å². The van der Waals surface area contributed by atoms with Crippen LogP contribution in [0.2, 0.25) is 0 Å². The molecule has 0 bridgehead atoms. The van der Waals surface area contributed by atoms with E-state index in [4.69, 9.17) is 14.6 Å². The average molecular weight is 920 g/mol. The number of rotatable bonds is 18. The number of aryl methyl sites for hydroxylation is 1. The maximum atomic E-state index is 14.0. The standard InChI is InChI=1S/C47H63N7O5.C2HF3O2/c1-31-23-38(42(55)25-34(28-53(5)6)29-54(7)8)19-22-41(31)35-13-9-32(10-14-35)24-39(45(57)51-40-20-17-37(18-21-40)44-49-30-50-52-44)26-43(56)36-15-11-33(12-16-36)27-48-46(58)59-47(2,3)4;3-2(4,5)1(6)7/h9-10,13-14,17-23,33-34,36,39H,11-12,15-16,24-30H2,1-8H3,(H,48,58)(H,51,57);(H,6,7)/t33?,36?,39-;/m1./s1. The number of carbonyl (C=O) groups excluding carboxylic acids is 4. The number of nitrogens with zero attached hydrogens (tertiary/aromatic N) is 5. The number of amides is 2. The lowest BCUT2D eigenvalue weighted by atomic mass is 9.77. The molecule has 0 unspecified atom stereocenters. The highest BCUT2D eigenvalue weighted by atomic mass is 19.4. The van der Waals surface area contributed by atoms with Crippen molar-refractivity contribution in [1.29, 1.82) is 0 Å². The van der Waals surface area contributed by atoms with Crippen LogP contribution in [0.4, 0.5) is 23.7 Å². The number of aliphatic carboxylic acids is 1. The van der Waals surface area contributed by atoms with Crippen molar-refractivity contribution in [2.45, 2.75) is 84.4 Å². The fraction of sp³-hybridized carbons (Fsp3) is 0.510. The number of alkyl carbamates (subject to hydrolysis) is 1. The number of carbonyl (C=O) groups is 5. The second kappa shape index (κ2) is 24.1. The zero-order chi connectivity index (χ0) is 48.8. The zero-order valence-corrected chi connectivity index (χ0v) is 39.2. The number of nitrogens with one attached hydrogen (secondary N) is 2. The fourth-order valence-corrected chi connectivity index (χ4v) is 8.09. The summed E-state index contributed by atoms with van der Waals surface area (Å²) in [4.78, 5) is 70.8. The summed E-state index contributed by atoms with van der Waals surface area (Å²) < 4.78 is 37.1. The second-order valence-corrected chi connectivity index (χ2v) is 18.7. The highest BCUT2D eigenvalue weighted by Gasteiger charge is 2.38. The number of carboxylic acid groups (broad SMARTS) is 1. The van der Waals surface area contributed by atoms with Gasteiger partial charge >= 0.3 is 18.2 Å². The van der Waals surface area contributed by atoms with Gasteiger partial charge in [0.15, 0.2) is 18.3 Å². The van der Waals surface area contributed by atoms with Crippen LogP contribution in [0.25, 0.3) is 11.1 Å². The third kappa shape index (κ3) is 17.5. The summed E-state index contributed by atoms with van der Waals surface area (Å²) in [7, 11) is 8.16. The van der Waals surface area contributed by atoms with Crippen molar-refractivity contribution in [3.05, 3.63) is 89.0 Å². The number of anilines is 1. The molecule has 358 valence electrons. The van der Waals surface area contributed by atoms with E-state index in [0.29, 0.717) is 37.6 Å². The van der Waals surface area contributed by atoms with E-state index in [2.05, 4.69) is 47.8 Å². The Kier molecular flexibility index (Phi) is 19.3. The lowest BCUT2D eigenvalue weighted by Gasteiger charge is -2.29. The molecule has 1 fully saturated rings. The van der Waals surface area contributed by atoms with Gasteiger partial charge in [-0.1, -0.05) is 36.4 Å². The molecule has 0 radical (unpaired) electrons. The van der Waals surface area contributed by atoms with E-state index in [1.54, 1.807) is 0 Å².